The smallest absolute Gasteiger partial charge is 0.361 e. The van der Waals surface area contributed by atoms with Crippen molar-refractivity contribution >= 4 is 16.9 Å². The molecule has 0 unspecified atom stereocenters. The number of aromatic amines is 1. The summed E-state index contributed by atoms with van der Waals surface area (Å²) < 4.78 is 39.4. The summed E-state index contributed by atoms with van der Waals surface area (Å²) in [6.45, 7) is 3.84. The number of benzene rings is 1. The number of likely N-dealkylation sites (tertiary alicyclic amines) is 1. The minimum atomic E-state index is -4.22. The van der Waals surface area contributed by atoms with Crippen molar-refractivity contribution < 1.29 is 18.0 Å². The molecule has 0 spiro atoms. The predicted molar refractivity (Wildman–Crippen MR) is 94.9 cm³/mol. The van der Waals surface area contributed by atoms with Crippen LogP contribution in [0.1, 0.15) is 25.8 Å². The molecule has 2 amide bonds. The fourth-order valence-corrected chi connectivity index (χ4v) is 3.89. The summed E-state index contributed by atoms with van der Waals surface area (Å²) in [6.07, 6.45) is -1.68. The van der Waals surface area contributed by atoms with E-state index in [9.17, 15) is 18.0 Å². The lowest BCUT2D eigenvalue weighted by Crippen LogP contribution is -2.54. The average Bonchev–Trinajstić information content (AvgIpc) is 2.96. The highest BCUT2D eigenvalue weighted by Gasteiger charge is 2.51. The van der Waals surface area contributed by atoms with Gasteiger partial charge in [-0.2, -0.15) is 13.2 Å². The standard InChI is InChI=1S/C19H24F3N3O/c1-18(2)12-25(10-8-16(18)19(20,21)22)17(26)23-9-7-13-11-24-15-6-4-3-5-14(13)15/h3-6,11,16,24H,7-10,12H2,1-2H3,(H,23,26)/t16-/m1/s1. The molecule has 1 aromatic carbocycles. The third-order valence-corrected chi connectivity index (χ3v) is 5.26. The molecule has 1 atom stereocenters. The topological polar surface area (TPSA) is 48.1 Å². The predicted octanol–water partition coefficient (Wildman–Crippen LogP) is 4.33. The van der Waals surface area contributed by atoms with Gasteiger partial charge in [0.15, 0.2) is 0 Å². The van der Waals surface area contributed by atoms with Crippen molar-refractivity contribution in [3.63, 3.8) is 0 Å². The largest absolute Gasteiger partial charge is 0.392 e. The van der Waals surface area contributed by atoms with Crippen LogP contribution >= 0.6 is 0 Å². The summed E-state index contributed by atoms with van der Waals surface area (Å²) in [7, 11) is 0. The quantitative estimate of drug-likeness (QED) is 0.833. The zero-order valence-corrected chi connectivity index (χ0v) is 15.0. The Morgan fingerprint density at radius 1 is 1.35 bits per heavy atom. The molecular weight excluding hydrogens is 343 g/mol. The van der Waals surface area contributed by atoms with Gasteiger partial charge in [0.1, 0.15) is 0 Å². The van der Waals surface area contributed by atoms with Crippen molar-refractivity contribution in [2.45, 2.75) is 32.9 Å². The summed E-state index contributed by atoms with van der Waals surface area (Å²) in [5.41, 5.74) is 1.17. The van der Waals surface area contributed by atoms with Gasteiger partial charge in [-0.1, -0.05) is 32.0 Å². The van der Waals surface area contributed by atoms with E-state index in [1.54, 1.807) is 13.8 Å². The first kappa shape index (κ1) is 18.6. The minimum absolute atomic E-state index is 0.0492. The Labute approximate surface area is 150 Å². The first-order valence-electron chi connectivity index (χ1n) is 8.83. The molecule has 0 saturated carbocycles. The van der Waals surface area contributed by atoms with Gasteiger partial charge in [-0.05, 0) is 29.9 Å². The fourth-order valence-electron chi connectivity index (χ4n) is 3.89. The van der Waals surface area contributed by atoms with Gasteiger partial charge in [0, 0.05) is 36.7 Å². The fraction of sp³-hybridized carbons (Fsp3) is 0.526. The van der Waals surface area contributed by atoms with Crippen LogP contribution in [0.5, 0.6) is 0 Å². The molecule has 7 heteroatoms. The molecule has 1 fully saturated rings. The van der Waals surface area contributed by atoms with Gasteiger partial charge in [0.2, 0.25) is 0 Å². The zero-order chi connectivity index (χ0) is 18.9. The first-order chi connectivity index (χ1) is 12.2. The molecular formula is C19H24F3N3O. The number of nitrogens with one attached hydrogen (secondary N) is 2. The lowest BCUT2D eigenvalue weighted by Gasteiger charge is -2.44. The van der Waals surface area contributed by atoms with Crippen LogP contribution in [-0.4, -0.2) is 41.7 Å². The number of urea groups is 1. The zero-order valence-electron chi connectivity index (χ0n) is 15.0. The maximum Gasteiger partial charge on any atom is 0.392 e. The van der Waals surface area contributed by atoms with E-state index < -0.39 is 17.5 Å². The number of amides is 2. The lowest BCUT2D eigenvalue weighted by atomic mass is 9.73. The molecule has 0 aliphatic carbocycles. The molecule has 0 radical (unpaired) electrons. The number of para-hydroxylation sites is 1. The molecule has 26 heavy (non-hydrogen) atoms. The maximum absolute atomic E-state index is 13.1. The highest BCUT2D eigenvalue weighted by atomic mass is 19.4. The number of halogens is 3. The monoisotopic (exact) mass is 367 g/mol. The van der Waals surface area contributed by atoms with Crippen LogP contribution in [0.25, 0.3) is 10.9 Å². The van der Waals surface area contributed by atoms with E-state index in [0.29, 0.717) is 13.0 Å². The third kappa shape index (κ3) is 3.81. The van der Waals surface area contributed by atoms with E-state index in [4.69, 9.17) is 0 Å². The van der Waals surface area contributed by atoms with E-state index >= 15 is 0 Å². The van der Waals surface area contributed by atoms with Crippen LogP contribution < -0.4 is 5.32 Å². The number of rotatable bonds is 3. The van der Waals surface area contributed by atoms with Crippen molar-refractivity contribution in [1.82, 2.24) is 15.2 Å². The molecule has 4 nitrogen and oxygen atoms in total. The summed E-state index contributed by atoms with van der Waals surface area (Å²) in [5.74, 6) is -1.37. The van der Waals surface area contributed by atoms with E-state index in [-0.39, 0.29) is 25.5 Å². The van der Waals surface area contributed by atoms with Gasteiger partial charge >= 0.3 is 12.2 Å². The van der Waals surface area contributed by atoms with Gasteiger partial charge in [-0.3, -0.25) is 0 Å². The van der Waals surface area contributed by atoms with Gasteiger partial charge < -0.3 is 15.2 Å². The minimum Gasteiger partial charge on any atom is -0.361 e. The Morgan fingerprint density at radius 2 is 2.08 bits per heavy atom. The van der Waals surface area contributed by atoms with E-state index in [1.807, 2.05) is 30.5 Å². The average molecular weight is 367 g/mol. The van der Waals surface area contributed by atoms with Crippen LogP contribution in [0, 0.1) is 11.3 Å². The Morgan fingerprint density at radius 3 is 2.77 bits per heavy atom. The number of carbonyl (C=O) groups excluding carboxylic acids is 1. The maximum atomic E-state index is 13.1. The van der Waals surface area contributed by atoms with Gasteiger partial charge in [0.25, 0.3) is 0 Å². The number of nitrogens with zero attached hydrogens (tertiary/aromatic N) is 1. The van der Waals surface area contributed by atoms with E-state index in [1.165, 1.54) is 4.90 Å². The second-order valence-corrected chi connectivity index (χ2v) is 7.63. The van der Waals surface area contributed by atoms with Crippen molar-refractivity contribution in [1.29, 1.82) is 0 Å². The molecule has 1 aromatic heterocycles. The second-order valence-electron chi connectivity index (χ2n) is 7.63. The van der Waals surface area contributed by atoms with Crippen LogP contribution in [-0.2, 0) is 6.42 Å². The summed E-state index contributed by atoms with van der Waals surface area (Å²) in [4.78, 5) is 17.0. The number of piperidine rings is 1. The van der Waals surface area contributed by atoms with Gasteiger partial charge in [-0.15, -0.1) is 0 Å². The number of H-pyrrole nitrogens is 1. The Hall–Kier alpha value is -2.18. The summed E-state index contributed by atoms with van der Waals surface area (Å²) >= 11 is 0. The molecule has 142 valence electrons. The van der Waals surface area contributed by atoms with Gasteiger partial charge in [-0.25, -0.2) is 4.79 Å². The van der Waals surface area contributed by atoms with E-state index in [0.717, 1.165) is 16.5 Å². The Bertz CT molecular complexity index is 782. The first-order valence-corrected chi connectivity index (χ1v) is 8.83. The van der Waals surface area contributed by atoms with Crippen LogP contribution in [0.4, 0.5) is 18.0 Å². The molecule has 2 aromatic rings. The molecule has 1 aliphatic heterocycles. The summed E-state index contributed by atoms with van der Waals surface area (Å²) in [6, 6.07) is 7.64. The second kappa shape index (κ2) is 6.85. The third-order valence-electron chi connectivity index (χ3n) is 5.26. The lowest BCUT2D eigenvalue weighted by molar-refractivity contribution is -0.214. The van der Waals surface area contributed by atoms with Crippen molar-refractivity contribution in [2.75, 3.05) is 19.6 Å². The van der Waals surface area contributed by atoms with Crippen molar-refractivity contribution in [2.24, 2.45) is 11.3 Å². The molecule has 2 heterocycles. The molecule has 2 N–H and O–H groups in total. The normalized spacial score (nSPS) is 20.3. The number of hydrogen-bond donors (Lipinski definition) is 2. The van der Waals surface area contributed by atoms with Crippen molar-refractivity contribution in [3.05, 3.63) is 36.0 Å². The highest BCUT2D eigenvalue weighted by Crippen LogP contribution is 2.44. The van der Waals surface area contributed by atoms with E-state index in [2.05, 4.69) is 10.3 Å². The molecule has 0 bridgehead atoms. The summed E-state index contributed by atoms with van der Waals surface area (Å²) in [5, 5.41) is 3.96. The van der Waals surface area contributed by atoms with Crippen LogP contribution in [0.15, 0.2) is 30.5 Å². The number of carbonyl (C=O) groups is 1. The Balaban J connectivity index is 1.54. The number of hydrogen-bond acceptors (Lipinski definition) is 1. The number of aromatic nitrogens is 1. The molecule has 3 rings (SSSR count). The molecule has 1 saturated heterocycles. The van der Waals surface area contributed by atoms with Crippen LogP contribution in [0.2, 0.25) is 0 Å². The number of alkyl halides is 3. The van der Waals surface area contributed by atoms with Crippen LogP contribution in [0.3, 0.4) is 0 Å². The number of fused-ring (bicyclic) bond motifs is 1. The van der Waals surface area contributed by atoms with Gasteiger partial charge in [0.05, 0.1) is 5.92 Å². The highest BCUT2D eigenvalue weighted by molar-refractivity contribution is 5.83. The Kier molecular flexibility index (Phi) is 4.90. The van der Waals surface area contributed by atoms with Crippen molar-refractivity contribution in [3.8, 4) is 0 Å². The SMILES string of the molecule is CC1(C)CN(C(=O)NCCc2c[nH]c3ccccc23)CC[C@H]1C(F)(F)F. The molecule has 1 aliphatic rings.